The maximum Gasteiger partial charge on any atom is 0.127 e. The van der Waals surface area contributed by atoms with Crippen molar-refractivity contribution in [2.45, 2.75) is 25.4 Å². The Balaban J connectivity index is 2.21. The Bertz CT molecular complexity index is 591. The van der Waals surface area contributed by atoms with Gasteiger partial charge in [0.05, 0.1) is 5.60 Å². The first-order chi connectivity index (χ1) is 9.39. The molecule has 106 valence electrons. The van der Waals surface area contributed by atoms with Crippen LogP contribution in [0.25, 0.3) is 0 Å². The number of hydrogen-bond donors (Lipinski definition) is 1. The van der Waals surface area contributed by atoms with Gasteiger partial charge in [-0.2, -0.15) is 0 Å². The van der Waals surface area contributed by atoms with Crippen LogP contribution in [-0.2, 0) is 12.8 Å². The zero-order valence-corrected chi connectivity index (χ0v) is 11.8. The number of hydrogen-bond acceptors (Lipinski definition) is 1. The predicted molar refractivity (Wildman–Crippen MR) is 75.8 cm³/mol. The molecule has 0 bridgehead atoms. The first kappa shape index (κ1) is 14.9. The second kappa shape index (κ2) is 5.90. The van der Waals surface area contributed by atoms with Gasteiger partial charge in [0.15, 0.2) is 0 Å². The lowest BCUT2D eigenvalue weighted by Gasteiger charge is -2.24. The third kappa shape index (κ3) is 3.56. The molecular formula is C16H15ClF2O. The third-order valence-corrected chi connectivity index (χ3v) is 3.50. The van der Waals surface area contributed by atoms with Gasteiger partial charge in [-0.05, 0) is 30.7 Å². The van der Waals surface area contributed by atoms with Crippen molar-refractivity contribution in [3.8, 4) is 0 Å². The fourth-order valence-corrected chi connectivity index (χ4v) is 2.43. The van der Waals surface area contributed by atoms with Crippen molar-refractivity contribution in [3.05, 3.63) is 70.2 Å². The van der Waals surface area contributed by atoms with E-state index in [1.165, 1.54) is 18.2 Å². The molecule has 0 amide bonds. The van der Waals surface area contributed by atoms with Crippen molar-refractivity contribution >= 4 is 11.6 Å². The zero-order valence-electron chi connectivity index (χ0n) is 11.0. The van der Waals surface area contributed by atoms with E-state index in [9.17, 15) is 13.9 Å². The summed E-state index contributed by atoms with van der Waals surface area (Å²) < 4.78 is 27.3. The minimum atomic E-state index is -1.28. The van der Waals surface area contributed by atoms with E-state index in [1.54, 1.807) is 31.2 Å². The van der Waals surface area contributed by atoms with Crippen LogP contribution in [-0.4, -0.2) is 10.7 Å². The summed E-state index contributed by atoms with van der Waals surface area (Å²) in [6, 6.07) is 10.6. The highest BCUT2D eigenvalue weighted by molar-refractivity contribution is 6.31. The summed E-state index contributed by atoms with van der Waals surface area (Å²) in [6.45, 7) is 1.54. The molecule has 0 aliphatic carbocycles. The summed E-state index contributed by atoms with van der Waals surface area (Å²) in [5.41, 5.74) is -0.644. The van der Waals surface area contributed by atoms with E-state index in [0.717, 1.165) is 0 Å². The van der Waals surface area contributed by atoms with Crippen LogP contribution >= 0.6 is 11.6 Å². The lowest BCUT2D eigenvalue weighted by molar-refractivity contribution is 0.0590. The molecule has 0 aliphatic rings. The summed E-state index contributed by atoms with van der Waals surface area (Å²) in [5, 5.41) is 10.7. The maximum absolute atomic E-state index is 13.7. The molecule has 0 saturated carbocycles. The fraction of sp³-hybridized carbons (Fsp3) is 0.250. The Labute approximate surface area is 121 Å². The minimum Gasteiger partial charge on any atom is -0.389 e. The molecule has 0 aliphatic heterocycles. The largest absolute Gasteiger partial charge is 0.389 e. The standard InChI is InChI=1S/C16H15ClF2O/c1-16(20,9-11-5-2-3-7-14(11)18)10-12-13(17)6-4-8-15(12)19/h2-8,20H,9-10H2,1H3. The van der Waals surface area contributed by atoms with Crippen LogP contribution in [0.1, 0.15) is 18.1 Å². The van der Waals surface area contributed by atoms with E-state index in [2.05, 4.69) is 0 Å². The minimum absolute atomic E-state index is 0.0207. The van der Waals surface area contributed by atoms with Crippen LogP contribution in [0.4, 0.5) is 8.78 Å². The van der Waals surface area contributed by atoms with Crippen LogP contribution in [0, 0.1) is 11.6 Å². The number of aliphatic hydroxyl groups is 1. The van der Waals surface area contributed by atoms with E-state index in [4.69, 9.17) is 11.6 Å². The Kier molecular flexibility index (Phi) is 4.41. The second-order valence-electron chi connectivity index (χ2n) is 5.14. The van der Waals surface area contributed by atoms with Gasteiger partial charge in [0.25, 0.3) is 0 Å². The van der Waals surface area contributed by atoms with Gasteiger partial charge in [0.1, 0.15) is 11.6 Å². The Hall–Kier alpha value is -1.45. The van der Waals surface area contributed by atoms with E-state index < -0.39 is 11.4 Å². The van der Waals surface area contributed by atoms with Gasteiger partial charge in [-0.3, -0.25) is 0 Å². The highest BCUT2D eigenvalue weighted by Crippen LogP contribution is 2.26. The van der Waals surface area contributed by atoms with Gasteiger partial charge in [-0.15, -0.1) is 0 Å². The highest BCUT2D eigenvalue weighted by atomic mass is 35.5. The fourth-order valence-electron chi connectivity index (χ4n) is 2.20. The first-order valence-corrected chi connectivity index (χ1v) is 6.65. The predicted octanol–water partition coefficient (Wildman–Crippen LogP) is 4.15. The van der Waals surface area contributed by atoms with Crippen molar-refractivity contribution in [3.63, 3.8) is 0 Å². The van der Waals surface area contributed by atoms with Crippen molar-refractivity contribution in [2.75, 3.05) is 0 Å². The van der Waals surface area contributed by atoms with Gasteiger partial charge in [0.2, 0.25) is 0 Å². The molecule has 2 rings (SSSR count). The van der Waals surface area contributed by atoms with Gasteiger partial charge < -0.3 is 5.11 Å². The number of rotatable bonds is 4. The quantitative estimate of drug-likeness (QED) is 0.898. The van der Waals surface area contributed by atoms with Crippen LogP contribution in [0.3, 0.4) is 0 Å². The third-order valence-electron chi connectivity index (χ3n) is 3.15. The first-order valence-electron chi connectivity index (χ1n) is 6.28. The van der Waals surface area contributed by atoms with Gasteiger partial charge in [0, 0.05) is 23.4 Å². The molecule has 1 unspecified atom stereocenters. The highest BCUT2D eigenvalue weighted by Gasteiger charge is 2.25. The average molecular weight is 297 g/mol. The SMILES string of the molecule is CC(O)(Cc1ccccc1F)Cc1c(F)cccc1Cl. The normalized spacial score (nSPS) is 14.1. The molecule has 0 spiro atoms. The Morgan fingerprint density at radius 3 is 2.30 bits per heavy atom. The monoisotopic (exact) mass is 296 g/mol. The second-order valence-corrected chi connectivity index (χ2v) is 5.55. The molecule has 2 aromatic rings. The summed E-state index contributed by atoms with van der Waals surface area (Å²) >= 11 is 5.94. The number of benzene rings is 2. The molecule has 4 heteroatoms. The molecule has 1 nitrogen and oxygen atoms in total. The van der Waals surface area contributed by atoms with E-state index in [0.29, 0.717) is 5.56 Å². The Morgan fingerprint density at radius 1 is 1.00 bits per heavy atom. The molecule has 1 N–H and O–H groups in total. The van der Waals surface area contributed by atoms with Crippen molar-refractivity contribution in [2.24, 2.45) is 0 Å². The molecule has 0 saturated heterocycles. The van der Waals surface area contributed by atoms with E-state index in [1.807, 2.05) is 0 Å². The summed E-state index contributed by atoms with van der Waals surface area (Å²) in [4.78, 5) is 0. The molecule has 0 aromatic heterocycles. The molecule has 1 atom stereocenters. The molecule has 2 aromatic carbocycles. The Morgan fingerprint density at radius 2 is 1.65 bits per heavy atom. The lowest BCUT2D eigenvalue weighted by atomic mass is 9.89. The molecule has 0 fully saturated rings. The van der Waals surface area contributed by atoms with Crippen LogP contribution in [0.5, 0.6) is 0 Å². The zero-order chi connectivity index (χ0) is 14.8. The van der Waals surface area contributed by atoms with Crippen LogP contribution < -0.4 is 0 Å². The summed E-state index contributed by atoms with van der Waals surface area (Å²) in [6.07, 6.45) is 0.108. The topological polar surface area (TPSA) is 20.2 Å². The summed E-state index contributed by atoms with van der Waals surface area (Å²) in [7, 11) is 0. The van der Waals surface area contributed by atoms with Crippen molar-refractivity contribution in [1.82, 2.24) is 0 Å². The molecular weight excluding hydrogens is 282 g/mol. The molecule has 0 radical (unpaired) electrons. The van der Waals surface area contributed by atoms with Crippen LogP contribution in [0.2, 0.25) is 5.02 Å². The smallest absolute Gasteiger partial charge is 0.127 e. The van der Waals surface area contributed by atoms with Gasteiger partial charge in [-0.25, -0.2) is 8.78 Å². The van der Waals surface area contributed by atoms with E-state index >= 15 is 0 Å². The molecule has 20 heavy (non-hydrogen) atoms. The van der Waals surface area contributed by atoms with Crippen molar-refractivity contribution in [1.29, 1.82) is 0 Å². The average Bonchev–Trinajstić information content (AvgIpc) is 2.37. The summed E-state index contributed by atoms with van der Waals surface area (Å²) in [5.74, 6) is -0.848. The maximum atomic E-state index is 13.7. The number of halogens is 3. The lowest BCUT2D eigenvalue weighted by Crippen LogP contribution is -2.31. The molecule has 0 heterocycles. The van der Waals surface area contributed by atoms with E-state index in [-0.39, 0.29) is 29.2 Å². The van der Waals surface area contributed by atoms with Gasteiger partial charge >= 0.3 is 0 Å². The van der Waals surface area contributed by atoms with Crippen molar-refractivity contribution < 1.29 is 13.9 Å². The van der Waals surface area contributed by atoms with Crippen LogP contribution in [0.15, 0.2) is 42.5 Å². The van der Waals surface area contributed by atoms with Gasteiger partial charge in [-0.1, -0.05) is 35.9 Å².